The first-order valence-electron chi connectivity index (χ1n) is 5.79. The Hall–Kier alpha value is -2.03. The molecule has 0 aromatic heterocycles. The highest BCUT2D eigenvalue weighted by Crippen LogP contribution is 2.25. The lowest BCUT2D eigenvalue weighted by Crippen LogP contribution is -2.43. The van der Waals surface area contributed by atoms with E-state index in [0.29, 0.717) is 0 Å². The SMILES string of the molecule is CC1=C(C)N2C=CN=C(c3ccccc3)C2N1. The average molecular weight is 225 g/mol. The van der Waals surface area contributed by atoms with Gasteiger partial charge >= 0.3 is 0 Å². The molecule has 0 saturated carbocycles. The Morgan fingerprint density at radius 2 is 1.94 bits per heavy atom. The summed E-state index contributed by atoms with van der Waals surface area (Å²) >= 11 is 0. The molecular formula is C14H15N3. The molecular weight excluding hydrogens is 210 g/mol. The van der Waals surface area contributed by atoms with Crippen LogP contribution in [0.1, 0.15) is 19.4 Å². The summed E-state index contributed by atoms with van der Waals surface area (Å²) in [7, 11) is 0. The zero-order valence-electron chi connectivity index (χ0n) is 10.0. The molecule has 2 aliphatic heterocycles. The molecule has 1 aromatic rings. The standard InChI is InChI=1S/C14H15N3/c1-10-11(2)17-9-8-15-13(14(17)16-10)12-6-4-3-5-7-12/h3-9,14,16H,1-2H3. The third-order valence-electron chi connectivity index (χ3n) is 3.33. The van der Waals surface area contributed by atoms with Crippen molar-refractivity contribution in [1.29, 1.82) is 0 Å². The minimum atomic E-state index is 0.141. The lowest BCUT2D eigenvalue weighted by atomic mass is 10.1. The summed E-state index contributed by atoms with van der Waals surface area (Å²) in [5.74, 6) is 0. The van der Waals surface area contributed by atoms with Gasteiger partial charge in [0.05, 0.1) is 5.71 Å². The van der Waals surface area contributed by atoms with Crippen LogP contribution in [0.5, 0.6) is 0 Å². The first kappa shape index (κ1) is 10.1. The van der Waals surface area contributed by atoms with E-state index in [1.165, 1.54) is 17.0 Å². The molecule has 0 amide bonds. The van der Waals surface area contributed by atoms with E-state index in [-0.39, 0.29) is 6.17 Å². The smallest absolute Gasteiger partial charge is 0.147 e. The van der Waals surface area contributed by atoms with E-state index in [4.69, 9.17) is 0 Å². The zero-order valence-corrected chi connectivity index (χ0v) is 10.0. The highest BCUT2D eigenvalue weighted by atomic mass is 15.3. The van der Waals surface area contributed by atoms with E-state index < -0.39 is 0 Å². The summed E-state index contributed by atoms with van der Waals surface area (Å²) in [6.45, 7) is 4.23. The van der Waals surface area contributed by atoms with Gasteiger partial charge in [-0.05, 0) is 13.8 Å². The molecule has 1 atom stereocenters. The van der Waals surface area contributed by atoms with Crippen LogP contribution in [0.25, 0.3) is 0 Å². The highest BCUT2D eigenvalue weighted by molar-refractivity contribution is 6.05. The van der Waals surface area contributed by atoms with E-state index in [1.807, 2.05) is 30.6 Å². The van der Waals surface area contributed by atoms with Gasteiger partial charge in [0, 0.05) is 29.4 Å². The van der Waals surface area contributed by atoms with Crippen LogP contribution in [0.4, 0.5) is 0 Å². The molecule has 17 heavy (non-hydrogen) atoms. The van der Waals surface area contributed by atoms with Crippen LogP contribution >= 0.6 is 0 Å². The fourth-order valence-electron chi connectivity index (χ4n) is 2.26. The molecule has 0 bridgehead atoms. The molecule has 3 rings (SSSR count). The van der Waals surface area contributed by atoms with E-state index in [1.54, 1.807) is 0 Å². The van der Waals surface area contributed by atoms with Gasteiger partial charge in [0.2, 0.25) is 0 Å². The normalized spacial score (nSPS) is 22.4. The van der Waals surface area contributed by atoms with Crippen LogP contribution in [0.3, 0.4) is 0 Å². The maximum atomic E-state index is 4.52. The molecule has 0 aliphatic carbocycles. The maximum Gasteiger partial charge on any atom is 0.147 e. The molecule has 3 heteroatoms. The summed E-state index contributed by atoms with van der Waals surface area (Å²) in [5, 5.41) is 3.48. The summed E-state index contributed by atoms with van der Waals surface area (Å²) in [6.07, 6.45) is 4.03. The summed E-state index contributed by atoms with van der Waals surface area (Å²) in [6, 6.07) is 10.3. The number of fused-ring (bicyclic) bond motifs is 1. The number of hydrogen-bond acceptors (Lipinski definition) is 3. The van der Waals surface area contributed by atoms with Gasteiger partial charge in [-0.2, -0.15) is 0 Å². The predicted molar refractivity (Wildman–Crippen MR) is 69.3 cm³/mol. The fourth-order valence-corrected chi connectivity index (χ4v) is 2.26. The molecule has 0 radical (unpaired) electrons. The molecule has 2 aliphatic rings. The quantitative estimate of drug-likeness (QED) is 0.795. The van der Waals surface area contributed by atoms with Crippen LogP contribution in [0, 0.1) is 0 Å². The summed E-state index contributed by atoms with van der Waals surface area (Å²) < 4.78 is 0. The van der Waals surface area contributed by atoms with Crippen LogP contribution in [0.2, 0.25) is 0 Å². The summed E-state index contributed by atoms with van der Waals surface area (Å²) in [5.41, 5.74) is 4.71. The first-order valence-corrected chi connectivity index (χ1v) is 5.79. The van der Waals surface area contributed by atoms with Crippen molar-refractivity contribution in [3.63, 3.8) is 0 Å². The van der Waals surface area contributed by atoms with Crippen molar-refractivity contribution in [2.24, 2.45) is 4.99 Å². The van der Waals surface area contributed by atoms with Gasteiger partial charge in [-0.3, -0.25) is 4.99 Å². The molecule has 1 aromatic carbocycles. The van der Waals surface area contributed by atoms with E-state index in [2.05, 4.69) is 41.2 Å². The second kappa shape index (κ2) is 3.77. The Bertz CT molecular complexity index is 526. The second-order valence-corrected chi connectivity index (χ2v) is 4.34. The van der Waals surface area contributed by atoms with Gasteiger partial charge in [-0.15, -0.1) is 0 Å². The van der Waals surface area contributed by atoms with Crippen molar-refractivity contribution >= 4 is 5.71 Å². The highest BCUT2D eigenvalue weighted by Gasteiger charge is 2.31. The maximum absolute atomic E-state index is 4.52. The van der Waals surface area contributed by atoms with E-state index >= 15 is 0 Å². The molecule has 86 valence electrons. The average Bonchev–Trinajstić information content (AvgIpc) is 2.67. The van der Waals surface area contributed by atoms with Gasteiger partial charge in [-0.25, -0.2) is 0 Å². The number of rotatable bonds is 1. The monoisotopic (exact) mass is 225 g/mol. The lowest BCUT2D eigenvalue weighted by Gasteiger charge is -2.28. The molecule has 1 N–H and O–H groups in total. The number of hydrogen-bond donors (Lipinski definition) is 1. The van der Waals surface area contributed by atoms with Gasteiger partial charge < -0.3 is 10.2 Å². The lowest BCUT2D eigenvalue weighted by molar-refractivity contribution is 0.420. The molecule has 3 nitrogen and oxygen atoms in total. The van der Waals surface area contributed by atoms with Crippen LogP contribution < -0.4 is 5.32 Å². The van der Waals surface area contributed by atoms with Crippen molar-refractivity contribution in [1.82, 2.24) is 10.2 Å². The Kier molecular flexibility index (Phi) is 2.25. The third-order valence-corrected chi connectivity index (χ3v) is 3.33. The number of aliphatic imine (C=N–C) groups is 1. The Balaban J connectivity index is 1.99. The Labute approximate surface area is 101 Å². The minimum absolute atomic E-state index is 0.141. The topological polar surface area (TPSA) is 27.6 Å². The van der Waals surface area contributed by atoms with Crippen molar-refractivity contribution in [2.45, 2.75) is 20.0 Å². The van der Waals surface area contributed by atoms with E-state index in [9.17, 15) is 0 Å². The van der Waals surface area contributed by atoms with Gasteiger partial charge in [0.15, 0.2) is 0 Å². The predicted octanol–water partition coefficient (Wildman–Crippen LogP) is 2.44. The summed E-state index contributed by atoms with van der Waals surface area (Å²) in [4.78, 5) is 6.74. The van der Waals surface area contributed by atoms with Gasteiger partial charge in [0.1, 0.15) is 6.17 Å². The Morgan fingerprint density at radius 1 is 1.18 bits per heavy atom. The number of allylic oxidation sites excluding steroid dienone is 2. The largest absolute Gasteiger partial charge is 0.362 e. The van der Waals surface area contributed by atoms with Crippen molar-refractivity contribution in [2.75, 3.05) is 0 Å². The zero-order chi connectivity index (χ0) is 11.8. The van der Waals surface area contributed by atoms with Crippen LogP contribution in [0.15, 0.2) is 59.1 Å². The Morgan fingerprint density at radius 3 is 2.71 bits per heavy atom. The molecule has 1 unspecified atom stereocenters. The van der Waals surface area contributed by atoms with Gasteiger partial charge in [0.25, 0.3) is 0 Å². The third kappa shape index (κ3) is 1.55. The van der Waals surface area contributed by atoms with Crippen molar-refractivity contribution in [3.8, 4) is 0 Å². The van der Waals surface area contributed by atoms with Crippen LogP contribution in [-0.2, 0) is 0 Å². The van der Waals surface area contributed by atoms with Crippen LogP contribution in [-0.4, -0.2) is 16.8 Å². The number of nitrogens with zero attached hydrogens (tertiary/aromatic N) is 2. The van der Waals surface area contributed by atoms with Crippen molar-refractivity contribution < 1.29 is 0 Å². The fraction of sp³-hybridized carbons (Fsp3) is 0.214. The first-order chi connectivity index (χ1) is 8.27. The van der Waals surface area contributed by atoms with Gasteiger partial charge in [-0.1, -0.05) is 30.3 Å². The molecule has 2 heterocycles. The second-order valence-electron chi connectivity index (χ2n) is 4.34. The molecule has 0 fully saturated rings. The number of nitrogens with one attached hydrogen (secondary N) is 1. The van der Waals surface area contributed by atoms with Crippen molar-refractivity contribution in [3.05, 3.63) is 59.7 Å². The molecule has 0 saturated heterocycles. The number of benzene rings is 1. The molecule has 0 spiro atoms. The minimum Gasteiger partial charge on any atom is -0.362 e. The van der Waals surface area contributed by atoms with E-state index in [0.717, 1.165) is 5.71 Å².